The molecule has 0 fully saturated rings. The monoisotopic (exact) mass is 245 g/mol. The molecule has 12 heavy (non-hydrogen) atoms. The SMILES string of the molecule is Nc1csc2c(Br)ccc(F)c12. The fourth-order valence-electron chi connectivity index (χ4n) is 1.10. The molecule has 0 spiro atoms. The van der Waals surface area contributed by atoms with Crippen molar-refractivity contribution in [2.75, 3.05) is 5.73 Å². The predicted molar refractivity (Wildman–Crippen MR) is 53.9 cm³/mol. The molecule has 1 nitrogen and oxygen atoms in total. The third-order valence-electron chi connectivity index (χ3n) is 1.65. The number of halogens is 2. The van der Waals surface area contributed by atoms with Crippen LogP contribution >= 0.6 is 27.3 Å². The lowest BCUT2D eigenvalue weighted by atomic mass is 10.2. The summed E-state index contributed by atoms with van der Waals surface area (Å²) < 4.78 is 14.9. The summed E-state index contributed by atoms with van der Waals surface area (Å²) in [4.78, 5) is 0. The van der Waals surface area contributed by atoms with E-state index in [4.69, 9.17) is 5.73 Å². The van der Waals surface area contributed by atoms with Gasteiger partial charge in [0.1, 0.15) is 5.82 Å². The average molecular weight is 246 g/mol. The van der Waals surface area contributed by atoms with E-state index in [-0.39, 0.29) is 5.82 Å². The van der Waals surface area contributed by atoms with Crippen molar-refractivity contribution < 1.29 is 4.39 Å². The molecule has 0 aliphatic heterocycles. The quantitative estimate of drug-likeness (QED) is 0.757. The summed E-state index contributed by atoms with van der Waals surface area (Å²) in [5.74, 6) is -0.257. The van der Waals surface area contributed by atoms with Gasteiger partial charge in [-0.15, -0.1) is 11.3 Å². The average Bonchev–Trinajstić information content (AvgIpc) is 2.42. The second kappa shape index (κ2) is 2.71. The first-order valence-corrected chi connectivity index (χ1v) is 4.98. The lowest BCUT2D eigenvalue weighted by Crippen LogP contribution is -1.83. The van der Waals surface area contributed by atoms with Crippen LogP contribution in [-0.2, 0) is 0 Å². The first-order chi connectivity index (χ1) is 5.70. The normalized spacial score (nSPS) is 10.8. The molecular weight excluding hydrogens is 241 g/mol. The van der Waals surface area contributed by atoms with Gasteiger partial charge in [0, 0.05) is 9.85 Å². The van der Waals surface area contributed by atoms with Gasteiger partial charge in [0.15, 0.2) is 0 Å². The smallest absolute Gasteiger partial charge is 0.134 e. The maximum atomic E-state index is 13.2. The van der Waals surface area contributed by atoms with Crippen molar-refractivity contribution in [3.63, 3.8) is 0 Å². The molecule has 62 valence electrons. The van der Waals surface area contributed by atoms with Gasteiger partial charge in [0.25, 0.3) is 0 Å². The molecule has 1 aromatic heterocycles. The summed E-state index contributed by atoms with van der Waals surface area (Å²) >= 11 is 4.78. The zero-order valence-electron chi connectivity index (χ0n) is 5.97. The third kappa shape index (κ3) is 1.03. The maximum Gasteiger partial charge on any atom is 0.134 e. The molecule has 2 N–H and O–H groups in total. The van der Waals surface area contributed by atoms with Crippen molar-refractivity contribution in [1.29, 1.82) is 0 Å². The molecule has 4 heteroatoms. The van der Waals surface area contributed by atoms with E-state index in [0.29, 0.717) is 11.1 Å². The lowest BCUT2D eigenvalue weighted by Gasteiger charge is -1.95. The fourth-order valence-corrected chi connectivity index (χ4v) is 2.59. The summed E-state index contributed by atoms with van der Waals surface area (Å²) in [7, 11) is 0. The van der Waals surface area contributed by atoms with Gasteiger partial charge in [0.05, 0.1) is 15.8 Å². The molecule has 0 unspecified atom stereocenters. The topological polar surface area (TPSA) is 26.0 Å². The minimum Gasteiger partial charge on any atom is -0.397 e. The summed E-state index contributed by atoms with van der Waals surface area (Å²) in [5, 5.41) is 2.27. The predicted octanol–water partition coefficient (Wildman–Crippen LogP) is 3.39. The van der Waals surface area contributed by atoms with Crippen LogP contribution < -0.4 is 5.73 Å². The number of fused-ring (bicyclic) bond motifs is 1. The Morgan fingerprint density at radius 3 is 2.83 bits per heavy atom. The number of thiophene rings is 1. The molecule has 0 radical (unpaired) electrons. The number of rotatable bonds is 0. The highest BCUT2D eigenvalue weighted by molar-refractivity contribution is 9.10. The standard InChI is InChI=1S/C8H5BrFNS/c9-4-1-2-5(10)7-6(11)3-12-8(4)7/h1-3H,11H2. The number of nitrogen functional groups attached to an aromatic ring is 1. The molecular formula is C8H5BrFNS. The van der Waals surface area contributed by atoms with Gasteiger partial charge in [-0.05, 0) is 28.1 Å². The Labute approximate surface area is 81.1 Å². The van der Waals surface area contributed by atoms with E-state index in [2.05, 4.69) is 15.9 Å². The summed E-state index contributed by atoms with van der Waals surface area (Å²) in [5.41, 5.74) is 6.10. The van der Waals surface area contributed by atoms with E-state index >= 15 is 0 Å². The molecule has 0 atom stereocenters. The van der Waals surface area contributed by atoms with Crippen molar-refractivity contribution in [3.05, 3.63) is 27.8 Å². The summed E-state index contributed by atoms with van der Waals surface area (Å²) in [6.07, 6.45) is 0. The number of benzene rings is 1. The Kier molecular flexibility index (Phi) is 1.81. The van der Waals surface area contributed by atoms with Gasteiger partial charge in [-0.1, -0.05) is 0 Å². The van der Waals surface area contributed by atoms with Crippen molar-refractivity contribution in [3.8, 4) is 0 Å². The van der Waals surface area contributed by atoms with E-state index in [1.54, 1.807) is 11.4 Å². The van der Waals surface area contributed by atoms with Crippen LogP contribution in [0.3, 0.4) is 0 Å². The van der Waals surface area contributed by atoms with E-state index in [1.807, 2.05) is 0 Å². The number of hydrogen-bond acceptors (Lipinski definition) is 2. The van der Waals surface area contributed by atoms with Gasteiger partial charge in [-0.25, -0.2) is 4.39 Å². The van der Waals surface area contributed by atoms with Crippen LogP contribution in [-0.4, -0.2) is 0 Å². The molecule has 0 saturated carbocycles. The number of nitrogens with two attached hydrogens (primary N) is 1. The summed E-state index contributed by atoms with van der Waals surface area (Å²) in [6, 6.07) is 3.10. The summed E-state index contributed by atoms with van der Waals surface area (Å²) in [6.45, 7) is 0. The number of anilines is 1. The molecule has 0 saturated heterocycles. The van der Waals surface area contributed by atoms with Crippen LogP contribution in [0.5, 0.6) is 0 Å². The Balaban J connectivity index is 2.98. The Morgan fingerprint density at radius 1 is 1.42 bits per heavy atom. The molecule has 1 heterocycles. The molecule has 1 aromatic carbocycles. The van der Waals surface area contributed by atoms with Crippen molar-refractivity contribution in [2.45, 2.75) is 0 Å². The number of hydrogen-bond donors (Lipinski definition) is 1. The van der Waals surface area contributed by atoms with Crippen molar-refractivity contribution in [2.24, 2.45) is 0 Å². The van der Waals surface area contributed by atoms with Crippen molar-refractivity contribution >= 4 is 43.0 Å². The van der Waals surface area contributed by atoms with Crippen LogP contribution in [0.25, 0.3) is 10.1 Å². The Morgan fingerprint density at radius 2 is 2.17 bits per heavy atom. The second-order valence-corrected chi connectivity index (χ2v) is 4.16. The highest BCUT2D eigenvalue weighted by Gasteiger charge is 2.08. The minimum atomic E-state index is -0.257. The van der Waals surface area contributed by atoms with Gasteiger partial charge < -0.3 is 5.73 Å². The zero-order chi connectivity index (χ0) is 8.72. The first-order valence-electron chi connectivity index (χ1n) is 3.31. The van der Waals surface area contributed by atoms with E-state index in [1.165, 1.54) is 17.4 Å². The lowest BCUT2D eigenvalue weighted by molar-refractivity contribution is 0.640. The van der Waals surface area contributed by atoms with Crippen LogP contribution in [0.15, 0.2) is 22.0 Å². The highest BCUT2D eigenvalue weighted by Crippen LogP contribution is 2.35. The van der Waals surface area contributed by atoms with Crippen LogP contribution in [0, 0.1) is 5.82 Å². The first kappa shape index (κ1) is 8.01. The largest absolute Gasteiger partial charge is 0.397 e. The fraction of sp³-hybridized carbons (Fsp3) is 0. The molecule has 2 aromatic rings. The van der Waals surface area contributed by atoms with Gasteiger partial charge >= 0.3 is 0 Å². The van der Waals surface area contributed by atoms with E-state index in [0.717, 1.165) is 9.17 Å². The minimum absolute atomic E-state index is 0.257. The Bertz CT molecular complexity index is 438. The van der Waals surface area contributed by atoms with Crippen LogP contribution in [0.1, 0.15) is 0 Å². The molecule has 0 aliphatic carbocycles. The zero-order valence-corrected chi connectivity index (χ0v) is 8.38. The molecule has 0 amide bonds. The van der Waals surface area contributed by atoms with Gasteiger partial charge in [0.2, 0.25) is 0 Å². The molecule has 0 bridgehead atoms. The highest BCUT2D eigenvalue weighted by atomic mass is 79.9. The van der Waals surface area contributed by atoms with Gasteiger partial charge in [-0.3, -0.25) is 0 Å². The Hall–Kier alpha value is -0.610. The van der Waals surface area contributed by atoms with Crippen LogP contribution in [0.4, 0.5) is 10.1 Å². The van der Waals surface area contributed by atoms with E-state index in [9.17, 15) is 4.39 Å². The molecule has 2 rings (SSSR count). The van der Waals surface area contributed by atoms with Gasteiger partial charge in [-0.2, -0.15) is 0 Å². The third-order valence-corrected chi connectivity index (χ3v) is 3.61. The van der Waals surface area contributed by atoms with Crippen LogP contribution in [0.2, 0.25) is 0 Å². The second-order valence-electron chi connectivity index (χ2n) is 2.42. The maximum absolute atomic E-state index is 13.2. The van der Waals surface area contributed by atoms with E-state index < -0.39 is 0 Å². The molecule has 0 aliphatic rings. The van der Waals surface area contributed by atoms with Crippen molar-refractivity contribution in [1.82, 2.24) is 0 Å².